The average Bonchev–Trinajstić information content (AvgIpc) is 3.51. The number of nitrogens with one attached hydrogen (secondary N) is 1. The number of carbonyl (C=O) groups is 2. The predicted molar refractivity (Wildman–Crippen MR) is 148 cm³/mol. The second-order valence-corrected chi connectivity index (χ2v) is 10.8. The monoisotopic (exact) mass is 530 g/mol. The molecule has 5 rings (SSSR count). The highest BCUT2D eigenvalue weighted by Crippen LogP contribution is 2.30. The lowest BCUT2D eigenvalue weighted by Gasteiger charge is -2.35. The van der Waals surface area contributed by atoms with Gasteiger partial charge in [0.2, 0.25) is 0 Å². The van der Waals surface area contributed by atoms with Gasteiger partial charge in [-0.15, -0.1) is 0 Å². The molecule has 1 amide bonds. The van der Waals surface area contributed by atoms with Crippen LogP contribution in [0, 0.1) is 0 Å². The van der Waals surface area contributed by atoms with Crippen LogP contribution in [0.4, 0.5) is 4.79 Å². The van der Waals surface area contributed by atoms with Crippen LogP contribution in [0.15, 0.2) is 55.1 Å². The molecule has 3 aromatic heterocycles. The Morgan fingerprint density at radius 3 is 2.59 bits per heavy atom. The Morgan fingerprint density at radius 1 is 1.08 bits per heavy atom. The summed E-state index contributed by atoms with van der Waals surface area (Å²) < 4.78 is 7.32. The molecule has 0 radical (unpaired) electrons. The molecule has 0 unspecified atom stereocenters. The molecule has 10 heteroatoms. The van der Waals surface area contributed by atoms with E-state index in [2.05, 4.69) is 27.0 Å². The van der Waals surface area contributed by atoms with E-state index in [1.165, 1.54) is 5.56 Å². The summed E-state index contributed by atoms with van der Waals surface area (Å²) in [7, 11) is 0. The van der Waals surface area contributed by atoms with Crippen LogP contribution >= 0.6 is 0 Å². The number of carboxylic acids is 1. The fraction of sp³-hybridized carbons (Fsp3) is 0.379. The van der Waals surface area contributed by atoms with Crippen molar-refractivity contribution in [1.29, 1.82) is 0 Å². The molecule has 4 aromatic rings. The van der Waals surface area contributed by atoms with Gasteiger partial charge in [0.1, 0.15) is 11.3 Å². The molecule has 204 valence electrons. The minimum Gasteiger partial charge on any atom is -0.481 e. The minimum atomic E-state index is -0.874. The number of amides is 1. The smallest absolute Gasteiger partial charge is 0.410 e. The Balaban J connectivity index is 1.33. The molecule has 1 fully saturated rings. The Kier molecular flexibility index (Phi) is 7.38. The lowest BCUT2D eigenvalue weighted by molar-refractivity contribution is -0.136. The highest BCUT2D eigenvalue weighted by molar-refractivity contribution is 5.90. The number of H-pyrrole nitrogens is 1. The van der Waals surface area contributed by atoms with E-state index in [4.69, 9.17) is 14.8 Å². The molecule has 39 heavy (non-hydrogen) atoms. The maximum absolute atomic E-state index is 12.4. The van der Waals surface area contributed by atoms with Crippen LogP contribution in [0.2, 0.25) is 0 Å². The quantitative estimate of drug-likeness (QED) is 0.369. The summed E-state index contributed by atoms with van der Waals surface area (Å²) >= 11 is 0. The molecule has 0 aliphatic carbocycles. The van der Waals surface area contributed by atoms with Crippen LogP contribution in [0.3, 0.4) is 0 Å². The first-order chi connectivity index (χ1) is 18.7. The zero-order chi connectivity index (χ0) is 27.6. The van der Waals surface area contributed by atoms with Crippen LogP contribution < -0.4 is 0 Å². The molecule has 1 saturated heterocycles. The van der Waals surface area contributed by atoms with Crippen molar-refractivity contribution in [2.24, 2.45) is 0 Å². The number of aromatic amines is 1. The third kappa shape index (κ3) is 6.28. The first-order valence-corrected chi connectivity index (χ1v) is 13.2. The Labute approximate surface area is 227 Å². The number of aromatic nitrogens is 4. The van der Waals surface area contributed by atoms with E-state index in [0.717, 1.165) is 48.3 Å². The summed E-state index contributed by atoms with van der Waals surface area (Å²) in [5, 5.41) is 10.2. The molecule has 1 aromatic carbocycles. The summed E-state index contributed by atoms with van der Waals surface area (Å²) in [5.41, 5.74) is 4.06. The summed E-state index contributed by atoms with van der Waals surface area (Å²) in [4.78, 5) is 40.5. The van der Waals surface area contributed by atoms with Crippen molar-refractivity contribution < 1.29 is 19.4 Å². The second-order valence-electron chi connectivity index (χ2n) is 10.8. The fourth-order valence-corrected chi connectivity index (χ4v) is 4.89. The van der Waals surface area contributed by atoms with Crippen molar-refractivity contribution in [3.63, 3.8) is 0 Å². The normalized spacial score (nSPS) is 14.6. The van der Waals surface area contributed by atoms with Crippen molar-refractivity contribution in [3.05, 3.63) is 66.2 Å². The second kappa shape index (κ2) is 10.9. The third-order valence-corrected chi connectivity index (χ3v) is 6.77. The van der Waals surface area contributed by atoms with E-state index in [1.54, 1.807) is 40.3 Å². The number of carbonyl (C=O) groups excluding carboxylic acids is 1. The summed E-state index contributed by atoms with van der Waals surface area (Å²) in [6, 6.07) is 10.00. The minimum absolute atomic E-state index is 0.0433. The number of hydrogen-bond donors (Lipinski definition) is 2. The molecular formula is C29H34N6O4. The van der Waals surface area contributed by atoms with E-state index in [9.17, 15) is 9.59 Å². The van der Waals surface area contributed by atoms with E-state index < -0.39 is 11.6 Å². The van der Waals surface area contributed by atoms with Crippen LogP contribution in [0.5, 0.6) is 0 Å². The van der Waals surface area contributed by atoms with Gasteiger partial charge in [0.05, 0.1) is 24.5 Å². The molecule has 1 aliphatic rings. The number of nitrogens with zero attached hydrogens (tertiary/aromatic N) is 5. The summed E-state index contributed by atoms with van der Waals surface area (Å²) in [6.07, 6.45) is 7.50. The standard InChI is InChI=1S/C29H34N6O4/c1-29(2,3)39-28(38)34-14-12-33(13-15-34)10-9-22-21-6-4-5-7-23(21)32-27(22)24-17-30-18-25(31-24)35-11-8-20(19-35)16-26(36)37/h4-8,11,17-19,32H,9-10,12-16H2,1-3H3,(H,36,37). The Bertz CT molecular complexity index is 1480. The topological polar surface area (TPSA) is 117 Å². The number of benzene rings is 1. The molecule has 0 saturated carbocycles. The van der Waals surface area contributed by atoms with Crippen molar-refractivity contribution in [1.82, 2.24) is 29.3 Å². The predicted octanol–water partition coefficient (Wildman–Crippen LogP) is 4.14. The van der Waals surface area contributed by atoms with Crippen LogP contribution in [-0.2, 0) is 22.4 Å². The van der Waals surface area contributed by atoms with Crippen LogP contribution in [-0.4, -0.2) is 84.8 Å². The third-order valence-electron chi connectivity index (χ3n) is 6.77. The molecule has 2 N–H and O–H groups in total. The van der Waals surface area contributed by atoms with Gasteiger partial charge in [0.25, 0.3) is 0 Å². The SMILES string of the molecule is CC(C)(C)OC(=O)N1CCN(CCc2c(-c3cncc(-n4ccc(CC(=O)O)c4)n3)[nH]c3ccccc23)CC1. The maximum atomic E-state index is 12.4. The summed E-state index contributed by atoms with van der Waals surface area (Å²) in [6.45, 7) is 9.37. The number of para-hydroxylation sites is 1. The molecular weight excluding hydrogens is 496 g/mol. The molecule has 0 bridgehead atoms. The average molecular weight is 531 g/mol. The van der Waals surface area contributed by atoms with Gasteiger partial charge in [0.15, 0.2) is 5.82 Å². The number of aliphatic carboxylic acids is 1. The lowest BCUT2D eigenvalue weighted by Crippen LogP contribution is -2.50. The number of rotatable bonds is 7. The van der Waals surface area contributed by atoms with Crippen LogP contribution in [0.1, 0.15) is 31.9 Å². The van der Waals surface area contributed by atoms with Gasteiger partial charge in [-0.25, -0.2) is 9.78 Å². The number of ether oxygens (including phenoxy) is 1. The summed E-state index contributed by atoms with van der Waals surface area (Å²) in [5.74, 6) is -0.256. The van der Waals surface area contributed by atoms with Crippen molar-refractivity contribution in [2.75, 3.05) is 32.7 Å². The maximum Gasteiger partial charge on any atom is 0.410 e. The van der Waals surface area contributed by atoms with Crippen LogP contribution in [0.25, 0.3) is 28.1 Å². The number of hydrogen-bond acceptors (Lipinski definition) is 6. The van der Waals surface area contributed by atoms with Gasteiger partial charge in [-0.05, 0) is 50.5 Å². The van der Waals surface area contributed by atoms with Gasteiger partial charge < -0.3 is 24.3 Å². The van der Waals surface area contributed by atoms with Gasteiger partial charge >= 0.3 is 12.1 Å². The first kappa shape index (κ1) is 26.4. The van der Waals surface area contributed by atoms with Gasteiger partial charge in [-0.1, -0.05) is 18.2 Å². The zero-order valence-electron chi connectivity index (χ0n) is 22.6. The Morgan fingerprint density at radius 2 is 1.85 bits per heavy atom. The zero-order valence-corrected chi connectivity index (χ0v) is 22.6. The van der Waals surface area contributed by atoms with E-state index in [1.807, 2.05) is 32.9 Å². The van der Waals surface area contributed by atoms with Crippen molar-refractivity contribution >= 4 is 23.0 Å². The molecule has 1 aliphatic heterocycles. The fourth-order valence-electron chi connectivity index (χ4n) is 4.89. The lowest BCUT2D eigenvalue weighted by atomic mass is 10.1. The van der Waals surface area contributed by atoms with Crippen molar-refractivity contribution in [2.45, 2.75) is 39.2 Å². The van der Waals surface area contributed by atoms with Gasteiger partial charge in [-0.2, -0.15) is 0 Å². The highest BCUT2D eigenvalue weighted by atomic mass is 16.6. The number of piperazine rings is 1. The van der Waals surface area contributed by atoms with E-state index in [0.29, 0.717) is 24.5 Å². The molecule has 0 atom stereocenters. The van der Waals surface area contributed by atoms with Gasteiger partial charge in [-0.3, -0.25) is 14.7 Å². The molecule has 0 spiro atoms. The largest absolute Gasteiger partial charge is 0.481 e. The Hall–Kier alpha value is -4.18. The molecule has 4 heterocycles. The first-order valence-electron chi connectivity index (χ1n) is 13.2. The molecule has 10 nitrogen and oxygen atoms in total. The van der Waals surface area contributed by atoms with E-state index >= 15 is 0 Å². The number of carboxylic acid groups (broad SMARTS) is 1. The van der Waals surface area contributed by atoms with E-state index in [-0.39, 0.29) is 12.5 Å². The van der Waals surface area contributed by atoms with Gasteiger partial charge in [0, 0.05) is 56.0 Å². The number of fused-ring (bicyclic) bond motifs is 1. The highest BCUT2D eigenvalue weighted by Gasteiger charge is 2.26. The van der Waals surface area contributed by atoms with Crippen molar-refractivity contribution in [3.8, 4) is 17.2 Å².